The number of hydrogen-bond donors (Lipinski definition) is 2. The molecule has 0 aromatic heterocycles. The van der Waals surface area contributed by atoms with Crippen molar-refractivity contribution in [3.63, 3.8) is 0 Å². The van der Waals surface area contributed by atoms with Crippen molar-refractivity contribution in [1.29, 1.82) is 0 Å². The summed E-state index contributed by atoms with van der Waals surface area (Å²) in [7, 11) is 0. The van der Waals surface area contributed by atoms with Crippen LogP contribution >= 0.6 is 0 Å². The van der Waals surface area contributed by atoms with Crippen LogP contribution in [0, 0.1) is 0 Å². The Labute approximate surface area is 124 Å². The Bertz CT molecular complexity index is 584. The average molecular weight is 285 g/mol. The number of ether oxygens (including phenoxy) is 1. The van der Waals surface area contributed by atoms with Gasteiger partial charge in [-0.3, -0.25) is 0 Å². The monoisotopic (exact) mass is 285 g/mol. The maximum Gasteiger partial charge on any atom is 0.407 e. The number of aromatic hydroxyl groups is 1. The third-order valence-corrected chi connectivity index (χ3v) is 3.09. The van der Waals surface area contributed by atoms with Crippen LogP contribution in [0.15, 0.2) is 54.6 Å². The van der Waals surface area contributed by atoms with Crippen LogP contribution in [0.4, 0.5) is 4.79 Å². The van der Waals surface area contributed by atoms with Crippen molar-refractivity contribution >= 4 is 6.09 Å². The Morgan fingerprint density at radius 1 is 1.14 bits per heavy atom. The summed E-state index contributed by atoms with van der Waals surface area (Å²) >= 11 is 0. The number of para-hydroxylation sites is 1. The zero-order chi connectivity index (χ0) is 15.1. The maximum atomic E-state index is 11.7. The van der Waals surface area contributed by atoms with Gasteiger partial charge in [-0.15, -0.1) is 0 Å². The molecule has 2 rings (SSSR count). The zero-order valence-corrected chi connectivity index (χ0v) is 12.0. The van der Waals surface area contributed by atoms with Crippen molar-refractivity contribution in [2.75, 3.05) is 0 Å². The summed E-state index contributed by atoms with van der Waals surface area (Å²) in [6.45, 7) is 2.12. The minimum atomic E-state index is -0.457. The van der Waals surface area contributed by atoms with E-state index in [2.05, 4.69) is 5.32 Å². The number of phenols is 1. The van der Waals surface area contributed by atoms with E-state index < -0.39 is 6.09 Å². The van der Waals surface area contributed by atoms with E-state index in [4.69, 9.17) is 4.74 Å². The minimum Gasteiger partial charge on any atom is -0.508 e. The summed E-state index contributed by atoms with van der Waals surface area (Å²) in [5, 5.41) is 12.5. The molecule has 4 heteroatoms. The molecule has 0 spiro atoms. The van der Waals surface area contributed by atoms with Gasteiger partial charge in [0.25, 0.3) is 0 Å². The number of benzene rings is 2. The fraction of sp³-hybridized carbons (Fsp3) is 0.235. The number of alkyl carbamates (subject to hydrolysis) is 1. The fourth-order valence-electron chi connectivity index (χ4n) is 2.03. The molecule has 2 aromatic rings. The van der Waals surface area contributed by atoms with Gasteiger partial charge in [-0.25, -0.2) is 4.79 Å². The molecule has 4 nitrogen and oxygen atoms in total. The Kier molecular flexibility index (Phi) is 5.21. The van der Waals surface area contributed by atoms with E-state index in [9.17, 15) is 9.90 Å². The third kappa shape index (κ3) is 4.84. The molecule has 0 heterocycles. The molecular weight excluding hydrogens is 266 g/mol. The summed E-state index contributed by atoms with van der Waals surface area (Å²) < 4.78 is 5.15. The summed E-state index contributed by atoms with van der Waals surface area (Å²) in [6, 6.07) is 16.5. The van der Waals surface area contributed by atoms with Crippen molar-refractivity contribution in [3.8, 4) is 5.75 Å². The molecule has 0 saturated carbocycles. The van der Waals surface area contributed by atoms with Gasteiger partial charge in [-0.1, -0.05) is 48.5 Å². The first-order valence-corrected chi connectivity index (χ1v) is 6.89. The highest BCUT2D eigenvalue weighted by Crippen LogP contribution is 2.17. The van der Waals surface area contributed by atoms with Crippen LogP contribution in [-0.2, 0) is 17.8 Å². The second-order valence-electron chi connectivity index (χ2n) is 4.94. The molecule has 0 aliphatic rings. The van der Waals surface area contributed by atoms with Crippen LogP contribution in [0.5, 0.6) is 5.75 Å². The van der Waals surface area contributed by atoms with Gasteiger partial charge in [0, 0.05) is 6.04 Å². The van der Waals surface area contributed by atoms with Gasteiger partial charge >= 0.3 is 6.09 Å². The number of carbonyl (C=O) groups excluding carboxylic acids is 1. The minimum absolute atomic E-state index is 0.124. The van der Waals surface area contributed by atoms with E-state index in [1.165, 1.54) is 0 Å². The predicted molar refractivity (Wildman–Crippen MR) is 81.0 cm³/mol. The van der Waals surface area contributed by atoms with Crippen LogP contribution in [0.25, 0.3) is 0 Å². The third-order valence-electron chi connectivity index (χ3n) is 3.09. The smallest absolute Gasteiger partial charge is 0.407 e. The molecule has 2 N–H and O–H groups in total. The number of phenolic OH excluding ortho intramolecular Hbond substituents is 1. The molecule has 21 heavy (non-hydrogen) atoms. The van der Waals surface area contributed by atoms with Gasteiger partial charge in [0.1, 0.15) is 12.4 Å². The summed E-state index contributed by atoms with van der Waals surface area (Å²) in [5.74, 6) is 0.240. The topological polar surface area (TPSA) is 58.6 Å². The number of amides is 1. The highest BCUT2D eigenvalue weighted by molar-refractivity contribution is 5.67. The Hall–Kier alpha value is -2.49. The number of rotatable bonds is 5. The molecule has 0 saturated heterocycles. The number of carbonyl (C=O) groups is 1. The molecule has 1 atom stereocenters. The molecule has 0 aliphatic carbocycles. The Morgan fingerprint density at radius 2 is 1.81 bits per heavy atom. The Morgan fingerprint density at radius 3 is 2.52 bits per heavy atom. The lowest BCUT2D eigenvalue weighted by atomic mass is 10.1. The molecule has 110 valence electrons. The van der Waals surface area contributed by atoms with Crippen LogP contribution in [0.2, 0.25) is 0 Å². The Balaban J connectivity index is 1.78. The predicted octanol–water partition coefficient (Wildman–Crippen LogP) is 3.25. The largest absolute Gasteiger partial charge is 0.508 e. The van der Waals surface area contributed by atoms with E-state index in [-0.39, 0.29) is 18.4 Å². The SMILES string of the molecule is CC(Cc1ccccc1O)NC(=O)OCc1ccccc1. The van der Waals surface area contributed by atoms with E-state index in [1.807, 2.05) is 49.4 Å². The van der Waals surface area contributed by atoms with Gasteiger partial charge in [-0.05, 0) is 30.5 Å². The van der Waals surface area contributed by atoms with E-state index >= 15 is 0 Å². The van der Waals surface area contributed by atoms with Crippen molar-refractivity contribution < 1.29 is 14.6 Å². The molecule has 0 fully saturated rings. The molecule has 0 aliphatic heterocycles. The molecule has 0 radical (unpaired) electrons. The van der Waals surface area contributed by atoms with Gasteiger partial charge in [-0.2, -0.15) is 0 Å². The van der Waals surface area contributed by atoms with Gasteiger partial charge in [0.15, 0.2) is 0 Å². The first-order chi connectivity index (χ1) is 10.1. The zero-order valence-electron chi connectivity index (χ0n) is 12.0. The standard InChI is InChI=1S/C17H19NO3/c1-13(11-15-9-5-6-10-16(15)19)18-17(20)21-12-14-7-3-2-4-8-14/h2-10,13,19H,11-12H2,1H3,(H,18,20). The lowest BCUT2D eigenvalue weighted by molar-refractivity contribution is 0.136. The maximum absolute atomic E-state index is 11.7. The van der Waals surface area contributed by atoms with Gasteiger partial charge in [0.05, 0.1) is 0 Å². The molecular formula is C17H19NO3. The van der Waals surface area contributed by atoms with Gasteiger partial charge in [0.2, 0.25) is 0 Å². The van der Waals surface area contributed by atoms with E-state index in [0.717, 1.165) is 11.1 Å². The van der Waals surface area contributed by atoms with Crippen LogP contribution in [-0.4, -0.2) is 17.2 Å². The van der Waals surface area contributed by atoms with Crippen molar-refractivity contribution in [3.05, 3.63) is 65.7 Å². The first kappa shape index (κ1) is 14.9. The second-order valence-corrected chi connectivity index (χ2v) is 4.94. The van der Waals surface area contributed by atoms with E-state index in [1.54, 1.807) is 12.1 Å². The van der Waals surface area contributed by atoms with Crippen molar-refractivity contribution in [2.24, 2.45) is 0 Å². The quantitative estimate of drug-likeness (QED) is 0.886. The lowest BCUT2D eigenvalue weighted by Crippen LogP contribution is -2.34. The summed E-state index contributed by atoms with van der Waals surface area (Å²) in [5.41, 5.74) is 1.74. The average Bonchev–Trinajstić information content (AvgIpc) is 2.48. The summed E-state index contributed by atoms with van der Waals surface area (Å²) in [4.78, 5) is 11.7. The van der Waals surface area contributed by atoms with Crippen LogP contribution in [0.1, 0.15) is 18.1 Å². The van der Waals surface area contributed by atoms with Crippen LogP contribution < -0.4 is 5.32 Å². The molecule has 0 bridgehead atoms. The second kappa shape index (κ2) is 7.33. The summed E-state index contributed by atoms with van der Waals surface area (Å²) in [6.07, 6.45) is 0.0920. The number of hydrogen-bond acceptors (Lipinski definition) is 3. The van der Waals surface area contributed by atoms with Gasteiger partial charge < -0.3 is 15.2 Å². The fourth-order valence-corrected chi connectivity index (χ4v) is 2.03. The molecule has 1 unspecified atom stereocenters. The number of nitrogens with one attached hydrogen (secondary N) is 1. The normalized spacial score (nSPS) is 11.7. The lowest BCUT2D eigenvalue weighted by Gasteiger charge is -2.14. The highest BCUT2D eigenvalue weighted by Gasteiger charge is 2.11. The highest BCUT2D eigenvalue weighted by atomic mass is 16.5. The van der Waals surface area contributed by atoms with Crippen molar-refractivity contribution in [2.45, 2.75) is 26.0 Å². The van der Waals surface area contributed by atoms with Crippen LogP contribution in [0.3, 0.4) is 0 Å². The van der Waals surface area contributed by atoms with E-state index in [0.29, 0.717) is 6.42 Å². The molecule has 1 amide bonds. The molecule has 2 aromatic carbocycles. The van der Waals surface area contributed by atoms with Crippen molar-refractivity contribution in [1.82, 2.24) is 5.32 Å². The first-order valence-electron chi connectivity index (χ1n) is 6.89.